The molecule has 1 amide bonds. The molecule has 1 atom stereocenters. The topological polar surface area (TPSA) is 81.9 Å². The number of halogens is 1. The first kappa shape index (κ1) is 23.3. The van der Waals surface area contributed by atoms with Crippen molar-refractivity contribution in [2.75, 3.05) is 11.1 Å². The van der Waals surface area contributed by atoms with Gasteiger partial charge in [0.15, 0.2) is 22.2 Å². The Morgan fingerprint density at radius 1 is 1.24 bits per heavy atom. The number of rotatable bonds is 8. The van der Waals surface area contributed by atoms with Gasteiger partial charge in [-0.25, -0.2) is 4.98 Å². The molecule has 2 aromatic heterocycles. The molecule has 0 spiro atoms. The molecule has 10 heteroatoms. The largest absolute Gasteiger partial charge is 0.483 e. The van der Waals surface area contributed by atoms with Gasteiger partial charge in [-0.1, -0.05) is 59.3 Å². The van der Waals surface area contributed by atoms with E-state index in [1.54, 1.807) is 12.1 Å². The molecule has 0 bridgehead atoms. The molecule has 4 rings (SSSR count). The molecule has 7 nitrogen and oxygen atoms in total. The lowest BCUT2D eigenvalue weighted by molar-refractivity contribution is -0.113. The summed E-state index contributed by atoms with van der Waals surface area (Å²) >= 11 is 8.72. The highest BCUT2D eigenvalue weighted by atomic mass is 35.5. The van der Waals surface area contributed by atoms with Crippen LogP contribution in [0.2, 0.25) is 5.02 Å². The highest BCUT2D eigenvalue weighted by Gasteiger charge is 2.18. The van der Waals surface area contributed by atoms with E-state index < -0.39 is 0 Å². The normalized spacial score (nSPS) is 11.9. The molecule has 0 fully saturated rings. The molecule has 1 N–H and O–H groups in total. The SMILES string of the molecule is Cc1ccc(-c2csc(NC(=O)CSc3nnc(C(C)Oc4cccc(Cl)c4)n3C)n2)cc1. The molecule has 0 aliphatic rings. The number of nitrogens with one attached hydrogen (secondary N) is 1. The number of anilines is 1. The number of amides is 1. The fraction of sp³-hybridized carbons (Fsp3) is 0.217. The summed E-state index contributed by atoms with van der Waals surface area (Å²) in [5.41, 5.74) is 3.05. The van der Waals surface area contributed by atoms with Crippen LogP contribution in [-0.2, 0) is 11.8 Å². The molecule has 170 valence electrons. The van der Waals surface area contributed by atoms with Gasteiger partial charge < -0.3 is 14.6 Å². The zero-order valence-electron chi connectivity index (χ0n) is 18.3. The zero-order valence-corrected chi connectivity index (χ0v) is 20.7. The number of thioether (sulfide) groups is 1. The van der Waals surface area contributed by atoms with Gasteiger partial charge in [-0.3, -0.25) is 4.79 Å². The Balaban J connectivity index is 1.32. The maximum absolute atomic E-state index is 12.4. The van der Waals surface area contributed by atoms with E-state index in [-0.39, 0.29) is 17.8 Å². The van der Waals surface area contributed by atoms with Gasteiger partial charge in [-0.15, -0.1) is 21.5 Å². The first-order valence-corrected chi connectivity index (χ1v) is 12.4. The van der Waals surface area contributed by atoms with Crippen LogP contribution in [0.5, 0.6) is 5.75 Å². The van der Waals surface area contributed by atoms with E-state index in [0.29, 0.717) is 26.9 Å². The van der Waals surface area contributed by atoms with E-state index in [9.17, 15) is 4.79 Å². The molecule has 1 unspecified atom stereocenters. The minimum absolute atomic E-state index is 0.155. The minimum atomic E-state index is -0.334. The number of thiazole rings is 1. The summed E-state index contributed by atoms with van der Waals surface area (Å²) < 4.78 is 7.75. The molecule has 2 heterocycles. The zero-order chi connectivity index (χ0) is 23.4. The Labute approximate surface area is 205 Å². The highest BCUT2D eigenvalue weighted by molar-refractivity contribution is 7.99. The van der Waals surface area contributed by atoms with Crippen molar-refractivity contribution in [2.24, 2.45) is 7.05 Å². The number of ether oxygens (including phenoxy) is 1. The Bertz CT molecular complexity index is 1260. The van der Waals surface area contributed by atoms with E-state index in [2.05, 4.69) is 20.5 Å². The Kier molecular flexibility index (Phi) is 7.32. The summed E-state index contributed by atoms with van der Waals surface area (Å²) in [5, 5.41) is 15.0. The fourth-order valence-electron chi connectivity index (χ4n) is 3.08. The number of carbonyl (C=O) groups is 1. The third-order valence-corrected chi connectivity index (χ3v) is 6.78. The maximum Gasteiger partial charge on any atom is 0.236 e. The van der Waals surface area contributed by atoms with Crippen LogP contribution in [-0.4, -0.2) is 31.4 Å². The van der Waals surface area contributed by atoms with E-state index >= 15 is 0 Å². The smallest absolute Gasteiger partial charge is 0.236 e. The van der Waals surface area contributed by atoms with Gasteiger partial charge in [0, 0.05) is 23.0 Å². The van der Waals surface area contributed by atoms with Crippen molar-refractivity contribution in [2.45, 2.75) is 25.1 Å². The molecule has 0 saturated heterocycles. The van der Waals surface area contributed by atoms with Crippen molar-refractivity contribution in [1.29, 1.82) is 0 Å². The number of nitrogens with zero attached hydrogens (tertiary/aromatic N) is 4. The van der Waals surface area contributed by atoms with Gasteiger partial charge in [0.05, 0.1) is 11.4 Å². The summed E-state index contributed by atoms with van der Waals surface area (Å²) in [6, 6.07) is 15.3. The molecular weight excluding hydrogens is 478 g/mol. The Morgan fingerprint density at radius 2 is 2.03 bits per heavy atom. The van der Waals surface area contributed by atoms with E-state index in [0.717, 1.165) is 11.3 Å². The quantitative estimate of drug-likeness (QED) is 0.310. The van der Waals surface area contributed by atoms with E-state index in [1.807, 2.05) is 67.2 Å². The number of carbonyl (C=O) groups excluding carboxylic acids is 1. The summed E-state index contributed by atoms with van der Waals surface area (Å²) in [4.78, 5) is 17.0. The van der Waals surface area contributed by atoms with Gasteiger partial charge in [-0.2, -0.15) is 0 Å². The number of benzene rings is 2. The number of aryl methyl sites for hydroxylation is 1. The van der Waals surface area contributed by atoms with E-state index in [4.69, 9.17) is 16.3 Å². The highest BCUT2D eigenvalue weighted by Crippen LogP contribution is 2.27. The Hall–Kier alpha value is -2.88. The van der Waals surface area contributed by atoms with Crippen LogP contribution in [0.4, 0.5) is 5.13 Å². The van der Waals surface area contributed by atoms with Gasteiger partial charge in [-0.05, 0) is 32.0 Å². The molecular formula is C23H22ClN5O2S2. The second-order valence-corrected chi connectivity index (χ2v) is 9.60. The first-order valence-electron chi connectivity index (χ1n) is 10.2. The average molecular weight is 500 g/mol. The van der Waals surface area contributed by atoms with Gasteiger partial charge in [0.1, 0.15) is 5.75 Å². The summed E-state index contributed by atoms with van der Waals surface area (Å²) in [5.74, 6) is 1.34. The summed E-state index contributed by atoms with van der Waals surface area (Å²) in [7, 11) is 1.85. The summed E-state index contributed by atoms with van der Waals surface area (Å²) in [6.45, 7) is 3.93. The maximum atomic E-state index is 12.4. The fourth-order valence-corrected chi connectivity index (χ4v) is 4.71. The van der Waals surface area contributed by atoms with Gasteiger partial charge in [0.25, 0.3) is 0 Å². The number of hydrogen-bond donors (Lipinski definition) is 1. The van der Waals surface area contributed by atoms with Crippen LogP contribution in [0.3, 0.4) is 0 Å². The lowest BCUT2D eigenvalue weighted by Gasteiger charge is -2.14. The first-order chi connectivity index (χ1) is 15.9. The summed E-state index contributed by atoms with van der Waals surface area (Å²) in [6.07, 6.45) is -0.334. The second kappa shape index (κ2) is 10.4. The molecule has 33 heavy (non-hydrogen) atoms. The van der Waals surface area contributed by atoms with Crippen molar-refractivity contribution in [3.63, 3.8) is 0 Å². The van der Waals surface area contributed by atoms with Crippen molar-refractivity contribution in [1.82, 2.24) is 19.7 Å². The van der Waals surface area contributed by atoms with Crippen molar-refractivity contribution in [3.8, 4) is 17.0 Å². The average Bonchev–Trinajstić information content (AvgIpc) is 3.39. The molecule has 0 aliphatic heterocycles. The minimum Gasteiger partial charge on any atom is -0.483 e. The van der Waals surface area contributed by atoms with Crippen LogP contribution in [0.15, 0.2) is 59.1 Å². The number of hydrogen-bond acceptors (Lipinski definition) is 7. The predicted molar refractivity (Wildman–Crippen MR) is 133 cm³/mol. The monoisotopic (exact) mass is 499 g/mol. The van der Waals surface area contributed by atoms with E-state index in [1.165, 1.54) is 28.7 Å². The van der Waals surface area contributed by atoms with Crippen molar-refractivity contribution >= 4 is 45.7 Å². The third-order valence-electron chi connectivity index (χ3n) is 4.77. The van der Waals surface area contributed by atoms with Crippen molar-refractivity contribution < 1.29 is 9.53 Å². The Morgan fingerprint density at radius 3 is 2.79 bits per heavy atom. The second-order valence-electron chi connectivity index (χ2n) is 7.36. The molecule has 0 saturated carbocycles. The molecule has 0 aliphatic carbocycles. The third kappa shape index (κ3) is 5.93. The van der Waals surface area contributed by atoms with Crippen LogP contribution in [0.1, 0.15) is 24.4 Å². The predicted octanol–water partition coefficient (Wildman–Crippen LogP) is 5.77. The molecule has 0 radical (unpaired) electrons. The number of aromatic nitrogens is 4. The standard InChI is InChI=1S/C23H22ClN5O2S2/c1-14-7-9-16(10-8-14)19-12-32-22(25-19)26-20(30)13-33-23-28-27-21(29(23)3)15(2)31-18-6-4-5-17(24)11-18/h4-12,15H,13H2,1-3H3,(H,25,26,30). The lowest BCUT2D eigenvalue weighted by Crippen LogP contribution is -2.14. The van der Waals surface area contributed by atoms with Crippen LogP contribution in [0, 0.1) is 6.92 Å². The molecule has 4 aromatic rings. The van der Waals surface area contributed by atoms with Crippen LogP contribution in [0.25, 0.3) is 11.3 Å². The van der Waals surface area contributed by atoms with Gasteiger partial charge in [0.2, 0.25) is 5.91 Å². The van der Waals surface area contributed by atoms with Crippen LogP contribution >= 0.6 is 34.7 Å². The van der Waals surface area contributed by atoms with Crippen LogP contribution < -0.4 is 10.1 Å². The van der Waals surface area contributed by atoms with Gasteiger partial charge >= 0.3 is 0 Å². The van der Waals surface area contributed by atoms with Crippen molar-refractivity contribution in [3.05, 3.63) is 70.3 Å². The lowest BCUT2D eigenvalue weighted by atomic mass is 10.1. The molecule has 2 aromatic carbocycles.